The van der Waals surface area contributed by atoms with E-state index in [9.17, 15) is 9.59 Å². The first-order chi connectivity index (χ1) is 9.04. The van der Waals surface area contributed by atoms with Crippen LogP contribution in [0.1, 0.15) is 59.3 Å². The number of hydrogen-bond acceptors (Lipinski definition) is 4. The third-order valence-corrected chi connectivity index (χ3v) is 3.75. The molecule has 0 aromatic heterocycles. The van der Waals surface area contributed by atoms with Crippen molar-refractivity contribution in [1.82, 2.24) is 0 Å². The van der Waals surface area contributed by atoms with Crippen molar-refractivity contribution in [2.75, 3.05) is 13.2 Å². The standard InChI is InChI=1S/C15H26O4/c1-4-18-14(17)9-8-13(16)15(19-5-2)10-6-7-12(3)11-15/h12H,4-11H2,1-3H3. The lowest BCUT2D eigenvalue weighted by molar-refractivity contribution is -0.154. The van der Waals surface area contributed by atoms with E-state index in [0.29, 0.717) is 19.1 Å². The normalized spacial score (nSPS) is 27.0. The molecule has 1 fully saturated rings. The van der Waals surface area contributed by atoms with Crippen molar-refractivity contribution in [3.8, 4) is 0 Å². The number of Topliss-reactive ketones (excluding diaryl/α,β-unsaturated/α-hetero) is 1. The average molecular weight is 270 g/mol. The molecule has 110 valence electrons. The summed E-state index contributed by atoms with van der Waals surface area (Å²) in [4.78, 5) is 23.8. The maximum absolute atomic E-state index is 12.4. The molecule has 0 aromatic rings. The van der Waals surface area contributed by atoms with E-state index >= 15 is 0 Å². The molecule has 0 heterocycles. The maximum atomic E-state index is 12.4. The van der Waals surface area contributed by atoms with Gasteiger partial charge in [0.25, 0.3) is 0 Å². The largest absolute Gasteiger partial charge is 0.466 e. The van der Waals surface area contributed by atoms with Gasteiger partial charge in [-0.05, 0) is 39.0 Å². The van der Waals surface area contributed by atoms with Crippen molar-refractivity contribution in [3.63, 3.8) is 0 Å². The summed E-state index contributed by atoms with van der Waals surface area (Å²) in [6.07, 6.45) is 4.13. The molecule has 1 aliphatic rings. The predicted molar refractivity (Wildman–Crippen MR) is 72.9 cm³/mol. The molecule has 0 aromatic carbocycles. The number of carbonyl (C=O) groups is 2. The van der Waals surface area contributed by atoms with Gasteiger partial charge >= 0.3 is 5.97 Å². The van der Waals surface area contributed by atoms with Crippen LogP contribution in [0, 0.1) is 5.92 Å². The lowest BCUT2D eigenvalue weighted by Gasteiger charge is -2.38. The number of esters is 1. The van der Waals surface area contributed by atoms with Crippen LogP contribution < -0.4 is 0 Å². The van der Waals surface area contributed by atoms with E-state index in [1.54, 1.807) is 6.92 Å². The molecule has 4 nitrogen and oxygen atoms in total. The van der Waals surface area contributed by atoms with Crippen LogP contribution in [0.15, 0.2) is 0 Å². The average Bonchev–Trinajstić information content (AvgIpc) is 2.36. The van der Waals surface area contributed by atoms with Gasteiger partial charge in [0.05, 0.1) is 13.0 Å². The summed E-state index contributed by atoms with van der Waals surface area (Å²) >= 11 is 0. The summed E-state index contributed by atoms with van der Waals surface area (Å²) in [6, 6.07) is 0. The molecule has 0 N–H and O–H groups in total. The third kappa shape index (κ3) is 4.60. The fourth-order valence-electron chi connectivity index (χ4n) is 2.92. The Kier molecular flexibility index (Phi) is 6.49. The number of hydrogen-bond donors (Lipinski definition) is 0. The van der Waals surface area contributed by atoms with Crippen LogP contribution in [0.2, 0.25) is 0 Å². The summed E-state index contributed by atoms with van der Waals surface area (Å²) in [6.45, 7) is 6.74. The zero-order valence-electron chi connectivity index (χ0n) is 12.4. The first kappa shape index (κ1) is 16.2. The minimum atomic E-state index is -0.654. The highest BCUT2D eigenvalue weighted by Gasteiger charge is 2.41. The molecule has 1 saturated carbocycles. The van der Waals surface area contributed by atoms with Gasteiger partial charge in [-0.15, -0.1) is 0 Å². The maximum Gasteiger partial charge on any atom is 0.306 e. The van der Waals surface area contributed by atoms with E-state index in [2.05, 4.69) is 6.92 Å². The van der Waals surface area contributed by atoms with Crippen molar-refractivity contribution in [2.45, 2.75) is 64.9 Å². The Morgan fingerprint density at radius 3 is 2.53 bits per heavy atom. The Balaban J connectivity index is 2.60. The monoisotopic (exact) mass is 270 g/mol. The quantitative estimate of drug-likeness (QED) is 0.667. The van der Waals surface area contributed by atoms with Crippen molar-refractivity contribution < 1.29 is 19.1 Å². The Bertz CT molecular complexity index is 309. The van der Waals surface area contributed by atoms with E-state index in [4.69, 9.17) is 9.47 Å². The molecule has 0 bridgehead atoms. The van der Waals surface area contributed by atoms with E-state index in [1.807, 2.05) is 6.92 Å². The Morgan fingerprint density at radius 1 is 1.21 bits per heavy atom. The molecule has 2 unspecified atom stereocenters. The molecule has 1 rings (SSSR count). The summed E-state index contributed by atoms with van der Waals surface area (Å²) in [5.41, 5.74) is -0.654. The SMILES string of the molecule is CCOC(=O)CCC(=O)C1(OCC)CCCC(C)C1. The summed E-state index contributed by atoms with van der Waals surface area (Å²) in [7, 11) is 0. The number of carbonyl (C=O) groups excluding carboxylic acids is 2. The van der Waals surface area contributed by atoms with Gasteiger partial charge in [-0.2, -0.15) is 0 Å². The number of rotatable bonds is 7. The highest BCUT2D eigenvalue weighted by atomic mass is 16.5. The molecule has 0 aliphatic heterocycles. The van der Waals surface area contributed by atoms with Gasteiger partial charge in [-0.25, -0.2) is 0 Å². The van der Waals surface area contributed by atoms with E-state index in [0.717, 1.165) is 25.7 Å². The molecule has 4 heteroatoms. The second-order valence-electron chi connectivity index (χ2n) is 5.36. The Hall–Kier alpha value is -0.900. The van der Waals surface area contributed by atoms with Crippen LogP contribution >= 0.6 is 0 Å². The first-order valence-electron chi connectivity index (χ1n) is 7.37. The van der Waals surface area contributed by atoms with Crippen LogP contribution in [-0.4, -0.2) is 30.6 Å². The third-order valence-electron chi connectivity index (χ3n) is 3.75. The summed E-state index contributed by atoms with van der Waals surface area (Å²) in [5.74, 6) is 0.271. The van der Waals surface area contributed by atoms with E-state index in [-0.39, 0.29) is 24.6 Å². The lowest BCUT2D eigenvalue weighted by atomic mass is 9.75. The van der Waals surface area contributed by atoms with Crippen molar-refractivity contribution in [2.24, 2.45) is 5.92 Å². The van der Waals surface area contributed by atoms with Gasteiger partial charge in [0.2, 0.25) is 0 Å². The van der Waals surface area contributed by atoms with Crippen molar-refractivity contribution in [1.29, 1.82) is 0 Å². The van der Waals surface area contributed by atoms with Crippen molar-refractivity contribution in [3.05, 3.63) is 0 Å². The first-order valence-corrected chi connectivity index (χ1v) is 7.37. The van der Waals surface area contributed by atoms with E-state index in [1.165, 1.54) is 0 Å². The highest BCUT2D eigenvalue weighted by Crippen LogP contribution is 2.36. The Morgan fingerprint density at radius 2 is 1.95 bits per heavy atom. The molecule has 19 heavy (non-hydrogen) atoms. The zero-order chi connectivity index (χ0) is 14.3. The van der Waals surface area contributed by atoms with Crippen LogP contribution in [0.5, 0.6) is 0 Å². The summed E-state index contributed by atoms with van der Waals surface area (Å²) in [5, 5.41) is 0. The van der Waals surface area contributed by atoms with Gasteiger partial charge in [0.15, 0.2) is 5.78 Å². The second-order valence-corrected chi connectivity index (χ2v) is 5.36. The fourth-order valence-corrected chi connectivity index (χ4v) is 2.92. The zero-order valence-corrected chi connectivity index (χ0v) is 12.4. The van der Waals surface area contributed by atoms with Crippen molar-refractivity contribution >= 4 is 11.8 Å². The highest BCUT2D eigenvalue weighted by molar-refractivity contribution is 5.90. The molecular weight excluding hydrogens is 244 g/mol. The second kappa shape index (κ2) is 7.63. The Labute approximate surface area is 115 Å². The number of ketones is 1. The van der Waals surface area contributed by atoms with Gasteiger partial charge in [-0.3, -0.25) is 9.59 Å². The molecule has 2 atom stereocenters. The van der Waals surface area contributed by atoms with Gasteiger partial charge in [0.1, 0.15) is 5.60 Å². The molecule has 1 aliphatic carbocycles. The fraction of sp³-hybridized carbons (Fsp3) is 0.867. The number of ether oxygens (including phenoxy) is 2. The van der Waals surface area contributed by atoms with Gasteiger partial charge in [-0.1, -0.05) is 13.3 Å². The molecule has 0 radical (unpaired) electrons. The molecule has 0 spiro atoms. The lowest BCUT2D eigenvalue weighted by Crippen LogP contribution is -2.45. The van der Waals surface area contributed by atoms with Crippen LogP contribution in [0.3, 0.4) is 0 Å². The van der Waals surface area contributed by atoms with Gasteiger partial charge < -0.3 is 9.47 Å². The summed E-state index contributed by atoms with van der Waals surface area (Å²) < 4.78 is 10.7. The molecular formula is C15H26O4. The van der Waals surface area contributed by atoms with Crippen LogP contribution in [-0.2, 0) is 19.1 Å². The predicted octanol–water partition coefficient (Wildman–Crippen LogP) is 2.88. The van der Waals surface area contributed by atoms with E-state index < -0.39 is 5.60 Å². The smallest absolute Gasteiger partial charge is 0.306 e. The molecule has 0 saturated heterocycles. The van der Waals surface area contributed by atoms with Crippen LogP contribution in [0.4, 0.5) is 0 Å². The molecule has 0 amide bonds. The minimum Gasteiger partial charge on any atom is -0.466 e. The topological polar surface area (TPSA) is 52.6 Å². The minimum absolute atomic E-state index is 0.0638. The van der Waals surface area contributed by atoms with Crippen LogP contribution in [0.25, 0.3) is 0 Å². The van der Waals surface area contributed by atoms with Gasteiger partial charge in [0, 0.05) is 13.0 Å².